The van der Waals surface area contributed by atoms with E-state index >= 15 is 0 Å². The molecule has 0 aromatic heterocycles. The van der Waals surface area contributed by atoms with Crippen molar-refractivity contribution in [1.29, 1.82) is 0 Å². The highest BCUT2D eigenvalue weighted by Gasteiger charge is 2.62. The summed E-state index contributed by atoms with van der Waals surface area (Å²) in [5.74, 6) is -2.42. The minimum absolute atomic E-state index is 0.123. The Hall–Kier alpha value is -4.01. The molecular formula is C28H29N3O6. The van der Waals surface area contributed by atoms with E-state index in [0.29, 0.717) is 11.4 Å². The van der Waals surface area contributed by atoms with Crippen molar-refractivity contribution in [3.63, 3.8) is 0 Å². The van der Waals surface area contributed by atoms with Crippen molar-refractivity contribution in [2.45, 2.75) is 38.6 Å². The van der Waals surface area contributed by atoms with Crippen LogP contribution in [0.15, 0.2) is 54.6 Å². The van der Waals surface area contributed by atoms with Crippen LogP contribution in [0.2, 0.25) is 0 Å². The second-order valence-corrected chi connectivity index (χ2v) is 10.1. The molecule has 0 radical (unpaired) electrons. The quantitative estimate of drug-likeness (QED) is 0.422. The van der Waals surface area contributed by atoms with Gasteiger partial charge in [0.05, 0.1) is 11.8 Å². The summed E-state index contributed by atoms with van der Waals surface area (Å²) in [7, 11) is 0. The number of carbonyl (C=O) groups excluding carboxylic acids is 5. The summed E-state index contributed by atoms with van der Waals surface area (Å²) in [5.41, 5.74) is 1.83. The van der Waals surface area contributed by atoms with Crippen molar-refractivity contribution in [1.82, 2.24) is 4.90 Å². The molecule has 0 unspecified atom stereocenters. The second kappa shape index (κ2) is 10.2. The minimum Gasteiger partial charge on any atom is -0.454 e. The number of ether oxygens (including phenoxy) is 1. The normalized spacial score (nSPS) is 24.5. The van der Waals surface area contributed by atoms with Gasteiger partial charge in [0.2, 0.25) is 17.7 Å². The van der Waals surface area contributed by atoms with Gasteiger partial charge < -0.3 is 15.4 Å². The second-order valence-electron chi connectivity index (χ2n) is 10.1. The van der Waals surface area contributed by atoms with E-state index in [1.165, 1.54) is 6.92 Å². The molecule has 5 atom stereocenters. The van der Waals surface area contributed by atoms with E-state index in [1.807, 2.05) is 30.3 Å². The molecule has 3 aliphatic rings. The third kappa shape index (κ3) is 4.98. The highest BCUT2D eigenvalue weighted by molar-refractivity contribution is 6.08. The molecule has 1 heterocycles. The molecule has 1 saturated heterocycles. The summed E-state index contributed by atoms with van der Waals surface area (Å²) in [6, 6.07) is 14.5. The maximum absolute atomic E-state index is 13.4. The third-order valence-electron chi connectivity index (χ3n) is 7.65. The van der Waals surface area contributed by atoms with Crippen LogP contribution in [-0.4, -0.2) is 47.1 Å². The van der Waals surface area contributed by atoms with E-state index in [-0.39, 0.29) is 47.8 Å². The topological polar surface area (TPSA) is 122 Å². The zero-order chi connectivity index (χ0) is 26.1. The summed E-state index contributed by atoms with van der Waals surface area (Å²) in [6.07, 6.45) is 2.91. The lowest BCUT2D eigenvalue weighted by Gasteiger charge is -2.26. The van der Waals surface area contributed by atoms with Crippen LogP contribution in [0.25, 0.3) is 0 Å². The molecule has 9 heteroatoms. The number of carbonyl (C=O) groups is 5. The average Bonchev–Trinajstić information content (AvgIpc) is 3.56. The van der Waals surface area contributed by atoms with E-state index in [4.69, 9.17) is 4.74 Å². The predicted octanol–water partition coefficient (Wildman–Crippen LogP) is 2.77. The van der Waals surface area contributed by atoms with Gasteiger partial charge in [-0.05, 0) is 60.9 Å². The Morgan fingerprint density at radius 2 is 1.46 bits per heavy atom. The van der Waals surface area contributed by atoms with Crippen molar-refractivity contribution in [3.8, 4) is 0 Å². The summed E-state index contributed by atoms with van der Waals surface area (Å²) in [5, 5.41) is 5.26. The number of imide groups is 1. The van der Waals surface area contributed by atoms with Crippen molar-refractivity contribution in [2.24, 2.45) is 23.7 Å². The molecule has 4 amide bonds. The number of rotatable bonds is 8. The fraction of sp³-hybridized carbons (Fsp3) is 0.393. The summed E-state index contributed by atoms with van der Waals surface area (Å²) >= 11 is 0. The van der Waals surface area contributed by atoms with Gasteiger partial charge in [0, 0.05) is 24.7 Å². The lowest BCUT2D eigenvalue weighted by atomic mass is 9.81. The first kappa shape index (κ1) is 24.7. The summed E-state index contributed by atoms with van der Waals surface area (Å²) in [6.45, 7) is 0.834. The predicted molar refractivity (Wildman–Crippen MR) is 134 cm³/mol. The maximum Gasteiger partial charge on any atom is 0.330 e. The number of hydrogen-bond acceptors (Lipinski definition) is 6. The summed E-state index contributed by atoms with van der Waals surface area (Å²) in [4.78, 5) is 64.7. The van der Waals surface area contributed by atoms with Crippen LogP contribution in [0.5, 0.6) is 0 Å². The molecule has 37 heavy (non-hydrogen) atoms. The molecule has 9 nitrogen and oxygen atoms in total. The number of nitrogens with one attached hydrogen (secondary N) is 2. The Labute approximate surface area is 214 Å². The largest absolute Gasteiger partial charge is 0.454 e. The van der Waals surface area contributed by atoms with E-state index in [1.54, 1.807) is 24.3 Å². The number of likely N-dealkylation sites (tertiary alicyclic amines) is 1. The maximum atomic E-state index is 13.4. The van der Waals surface area contributed by atoms with Gasteiger partial charge in [0.1, 0.15) is 6.04 Å². The minimum atomic E-state index is -1.13. The van der Waals surface area contributed by atoms with E-state index in [0.717, 1.165) is 29.7 Å². The third-order valence-corrected chi connectivity index (χ3v) is 7.65. The lowest BCUT2D eigenvalue weighted by Crippen LogP contribution is -2.48. The average molecular weight is 504 g/mol. The number of anilines is 2. The number of benzene rings is 2. The van der Waals surface area contributed by atoms with E-state index in [2.05, 4.69) is 10.6 Å². The smallest absolute Gasteiger partial charge is 0.330 e. The van der Waals surface area contributed by atoms with Crippen LogP contribution in [0.4, 0.5) is 11.4 Å². The Bertz CT molecular complexity index is 1200. The molecule has 0 spiro atoms. The first-order chi connectivity index (χ1) is 17.8. The fourth-order valence-corrected chi connectivity index (χ4v) is 6.13. The van der Waals surface area contributed by atoms with Gasteiger partial charge >= 0.3 is 5.97 Å². The van der Waals surface area contributed by atoms with Crippen molar-refractivity contribution in [3.05, 3.63) is 60.2 Å². The van der Waals surface area contributed by atoms with Crippen LogP contribution >= 0.6 is 0 Å². The highest BCUT2D eigenvalue weighted by Crippen LogP contribution is 2.56. The Kier molecular flexibility index (Phi) is 6.78. The summed E-state index contributed by atoms with van der Waals surface area (Å²) < 4.78 is 5.33. The SMILES string of the molecule is CC(=O)Nc1ccc(NC(=O)COC(=O)[C@H](Cc2ccccc2)N2C(=O)[C@H]3[C@H]4CC[C@@H](C4)[C@@H]3C2=O)cc1. The molecule has 2 aliphatic carbocycles. The van der Waals surface area contributed by atoms with Crippen molar-refractivity contribution >= 4 is 41.0 Å². The van der Waals surface area contributed by atoms with Crippen molar-refractivity contribution in [2.75, 3.05) is 17.2 Å². The number of nitrogens with zero attached hydrogens (tertiary/aromatic N) is 1. The fourth-order valence-electron chi connectivity index (χ4n) is 6.13. The first-order valence-corrected chi connectivity index (χ1v) is 12.6. The molecule has 2 bridgehead atoms. The standard InChI is InChI=1S/C28H29N3O6/c1-16(32)29-20-9-11-21(12-10-20)30-23(33)15-37-28(36)22(13-17-5-3-2-4-6-17)31-26(34)24-18-7-8-19(14-18)25(24)27(31)35/h2-6,9-12,18-19,22,24-25H,7-8,13-15H2,1H3,(H,29,32)(H,30,33)/t18-,19-,22-,24-,25-/m0/s1. The molecule has 192 valence electrons. The van der Waals surface area contributed by atoms with Gasteiger partial charge in [-0.1, -0.05) is 30.3 Å². The van der Waals surface area contributed by atoms with Gasteiger partial charge in [-0.3, -0.25) is 24.1 Å². The molecule has 2 aromatic carbocycles. The number of esters is 1. The van der Waals surface area contributed by atoms with Crippen LogP contribution in [0.1, 0.15) is 31.7 Å². The molecule has 2 saturated carbocycles. The Morgan fingerprint density at radius 3 is 2.03 bits per heavy atom. The van der Waals surface area contributed by atoms with Crippen LogP contribution in [0, 0.1) is 23.7 Å². The molecule has 5 rings (SSSR count). The molecule has 1 aliphatic heterocycles. The van der Waals surface area contributed by atoms with Crippen molar-refractivity contribution < 1.29 is 28.7 Å². The zero-order valence-electron chi connectivity index (χ0n) is 20.5. The molecule has 2 aromatic rings. The Balaban J connectivity index is 1.26. The van der Waals surface area contributed by atoms with Crippen LogP contribution < -0.4 is 10.6 Å². The van der Waals surface area contributed by atoms with E-state index < -0.39 is 24.5 Å². The van der Waals surface area contributed by atoms with Gasteiger partial charge in [-0.2, -0.15) is 0 Å². The molecule has 3 fully saturated rings. The number of amides is 4. The van der Waals surface area contributed by atoms with Gasteiger partial charge in [0.15, 0.2) is 6.61 Å². The highest BCUT2D eigenvalue weighted by atomic mass is 16.5. The lowest BCUT2D eigenvalue weighted by molar-refractivity contribution is -0.160. The molecule has 2 N–H and O–H groups in total. The van der Waals surface area contributed by atoms with Gasteiger partial charge in [-0.15, -0.1) is 0 Å². The first-order valence-electron chi connectivity index (χ1n) is 12.6. The number of fused-ring (bicyclic) bond motifs is 5. The Morgan fingerprint density at radius 1 is 0.892 bits per heavy atom. The van der Waals surface area contributed by atoms with Gasteiger partial charge in [-0.25, -0.2) is 4.79 Å². The zero-order valence-corrected chi connectivity index (χ0v) is 20.5. The number of hydrogen-bond donors (Lipinski definition) is 2. The monoisotopic (exact) mass is 503 g/mol. The molecular weight excluding hydrogens is 474 g/mol. The van der Waals surface area contributed by atoms with Crippen LogP contribution in [-0.2, 0) is 35.1 Å². The van der Waals surface area contributed by atoms with Crippen LogP contribution in [0.3, 0.4) is 0 Å². The van der Waals surface area contributed by atoms with Gasteiger partial charge in [0.25, 0.3) is 5.91 Å². The van der Waals surface area contributed by atoms with E-state index in [9.17, 15) is 24.0 Å².